The van der Waals surface area contributed by atoms with E-state index in [4.69, 9.17) is 9.47 Å². The van der Waals surface area contributed by atoms with Crippen molar-refractivity contribution in [1.29, 1.82) is 0 Å². The molecule has 1 heterocycles. The summed E-state index contributed by atoms with van der Waals surface area (Å²) in [6, 6.07) is 18.9. The van der Waals surface area contributed by atoms with Crippen LogP contribution in [0.1, 0.15) is 25.0 Å². The van der Waals surface area contributed by atoms with E-state index in [1.54, 1.807) is 0 Å². The molecule has 3 rings (SSSR count). The first kappa shape index (κ1) is 14.5. The second kappa shape index (κ2) is 5.78. The highest BCUT2D eigenvalue weighted by atomic mass is 16.7. The van der Waals surface area contributed by atoms with E-state index in [9.17, 15) is 4.79 Å². The first-order valence-electron chi connectivity index (χ1n) is 7.36. The highest BCUT2D eigenvalue weighted by Crippen LogP contribution is 2.40. The van der Waals surface area contributed by atoms with Crippen LogP contribution in [0.15, 0.2) is 66.7 Å². The van der Waals surface area contributed by atoms with Gasteiger partial charge in [0.25, 0.3) is 0 Å². The molecule has 0 spiro atoms. The smallest absolute Gasteiger partial charge is 0.302 e. The second-order valence-electron chi connectivity index (χ2n) is 5.49. The minimum Gasteiger partial charge on any atom is -0.450 e. The Balaban J connectivity index is 2.01. The van der Waals surface area contributed by atoms with E-state index < -0.39 is 5.79 Å². The van der Waals surface area contributed by atoms with E-state index in [1.807, 2.05) is 74.5 Å². The van der Waals surface area contributed by atoms with Crippen LogP contribution in [0.2, 0.25) is 0 Å². The van der Waals surface area contributed by atoms with E-state index in [-0.39, 0.29) is 11.9 Å². The SMILES string of the molecule is CC(C)O[C@@]1(c2ccccc2)OC(c2ccccc2)=CC1=O. The van der Waals surface area contributed by atoms with Crippen molar-refractivity contribution < 1.29 is 14.3 Å². The Morgan fingerprint density at radius 3 is 2.14 bits per heavy atom. The van der Waals surface area contributed by atoms with Gasteiger partial charge in [-0.05, 0) is 13.8 Å². The first-order chi connectivity index (χ1) is 10.6. The third-order valence-corrected chi connectivity index (χ3v) is 3.45. The van der Waals surface area contributed by atoms with Gasteiger partial charge in [-0.3, -0.25) is 4.79 Å². The summed E-state index contributed by atoms with van der Waals surface area (Å²) in [6.45, 7) is 3.78. The molecule has 1 aliphatic rings. The fourth-order valence-corrected chi connectivity index (χ4v) is 2.53. The molecule has 2 aromatic rings. The molecule has 0 N–H and O–H groups in total. The maximum atomic E-state index is 12.7. The second-order valence-corrected chi connectivity index (χ2v) is 5.49. The molecule has 2 aromatic carbocycles. The summed E-state index contributed by atoms with van der Waals surface area (Å²) < 4.78 is 12.0. The van der Waals surface area contributed by atoms with Crippen LogP contribution in [-0.4, -0.2) is 11.9 Å². The lowest BCUT2D eigenvalue weighted by Crippen LogP contribution is -2.38. The lowest BCUT2D eigenvalue weighted by Gasteiger charge is -2.30. The molecule has 112 valence electrons. The minimum atomic E-state index is -1.39. The average molecular weight is 294 g/mol. The molecule has 0 aliphatic carbocycles. The molecular weight excluding hydrogens is 276 g/mol. The predicted octanol–water partition coefficient (Wildman–Crippen LogP) is 3.90. The van der Waals surface area contributed by atoms with Crippen molar-refractivity contribution in [3.05, 3.63) is 77.9 Å². The Morgan fingerprint density at radius 2 is 1.55 bits per heavy atom. The van der Waals surface area contributed by atoms with Crippen LogP contribution in [0.25, 0.3) is 5.76 Å². The molecule has 0 radical (unpaired) electrons. The van der Waals surface area contributed by atoms with Gasteiger partial charge < -0.3 is 9.47 Å². The monoisotopic (exact) mass is 294 g/mol. The van der Waals surface area contributed by atoms with Crippen molar-refractivity contribution in [3.8, 4) is 0 Å². The minimum absolute atomic E-state index is 0.146. The van der Waals surface area contributed by atoms with Gasteiger partial charge in [-0.15, -0.1) is 0 Å². The Hall–Kier alpha value is -2.39. The van der Waals surface area contributed by atoms with Gasteiger partial charge in [-0.2, -0.15) is 0 Å². The number of hydrogen-bond donors (Lipinski definition) is 0. The Morgan fingerprint density at radius 1 is 0.955 bits per heavy atom. The largest absolute Gasteiger partial charge is 0.450 e. The van der Waals surface area contributed by atoms with Gasteiger partial charge in [-0.1, -0.05) is 60.7 Å². The lowest BCUT2D eigenvalue weighted by molar-refractivity contribution is -0.212. The molecule has 0 saturated carbocycles. The van der Waals surface area contributed by atoms with E-state index in [0.29, 0.717) is 11.3 Å². The summed E-state index contributed by atoms with van der Waals surface area (Å²) in [5, 5.41) is 0. The first-order valence-corrected chi connectivity index (χ1v) is 7.36. The van der Waals surface area contributed by atoms with Crippen molar-refractivity contribution >= 4 is 11.5 Å². The average Bonchev–Trinajstić information content (AvgIpc) is 2.86. The molecule has 0 aromatic heterocycles. The number of ether oxygens (including phenoxy) is 2. The molecule has 0 saturated heterocycles. The van der Waals surface area contributed by atoms with E-state index in [0.717, 1.165) is 5.56 Å². The normalized spacial score (nSPS) is 20.9. The third-order valence-electron chi connectivity index (χ3n) is 3.45. The standard InChI is InChI=1S/C19H18O3/c1-14(2)21-19(16-11-7-4-8-12-16)18(20)13-17(22-19)15-9-5-3-6-10-15/h3-14H,1-2H3/t19-/m0/s1. The topological polar surface area (TPSA) is 35.5 Å². The molecule has 0 unspecified atom stereocenters. The van der Waals surface area contributed by atoms with E-state index in [2.05, 4.69) is 0 Å². The van der Waals surface area contributed by atoms with Crippen LogP contribution in [0.3, 0.4) is 0 Å². The van der Waals surface area contributed by atoms with Crippen LogP contribution in [0.5, 0.6) is 0 Å². The van der Waals surface area contributed by atoms with E-state index >= 15 is 0 Å². The number of rotatable bonds is 4. The maximum Gasteiger partial charge on any atom is 0.302 e. The van der Waals surface area contributed by atoms with Crippen LogP contribution < -0.4 is 0 Å². The summed E-state index contributed by atoms with van der Waals surface area (Å²) in [5.41, 5.74) is 1.57. The van der Waals surface area contributed by atoms with Crippen LogP contribution in [-0.2, 0) is 20.1 Å². The molecular formula is C19H18O3. The number of ketones is 1. The number of carbonyl (C=O) groups excluding carboxylic acids is 1. The summed E-state index contributed by atoms with van der Waals surface area (Å²) in [7, 11) is 0. The van der Waals surface area contributed by atoms with Crippen LogP contribution in [0, 0.1) is 0 Å². The predicted molar refractivity (Wildman–Crippen MR) is 84.9 cm³/mol. The fraction of sp³-hybridized carbons (Fsp3) is 0.211. The number of hydrogen-bond acceptors (Lipinski definition) is 3. The highest BCUT2D eigenvalue weighted by Gasteiger charge is 2.48. The van der Waals surface area contributed by atoms with Gasteiger partial charge in [0.05, 0.1) is 6.10 Å². The van der Waals surface area contributed by atoms with Gasteiger partial charge in [0, 0.05) is 17.2 Å². The Labute approximate surface area is 130 Å². The van der Waals surface area contributed by atoms with Gasteiger partial charge >= 0.3 is 5.79 Å². The zero-order valence-electron chi connectivity index (χ0n) is 12.7. The van der Waals surface area contributed by atoms with Gasteiger partial charge in [0.15, 0.2) is 0 Å². The molecule has 0 bridgehead atoms. The summed E-state index contributed by atoms with van der Waals surface area (Å²) >= 11 is 0. The van der Waals surface area contributed by atoms with Crippen LogP contribution >= 0.6 is 0 Å². The molecule has 0 fully saturated rings. The third kappa shape index (κ3) is 2.55. The lowest BCUT2D eigenvalue weighted by atomic mass is 10.0. The van der Waals surface area contributed by atoms with Crippen molar-refractivity contribution in [2.45, 2.75) is 25.7 Å². The summed E-state index contributed by atoms with van der Waals surface area (Å²) in [4.78, 5) is 12.7. The molecule has 3 nitrogen and oxygen atoms in total. The molecule has 3 heteroatoms. The summed E-state index contributed by atoms with van der Waals surface area (Å²) in [5.74, 6) is -1.04. The molecule has 1 aliphatic heterocycles. The highest BCUT2D eigenvalue weighted by molar-refractivity contribution is 6.04. The van der Waals surface area contributed by atoms with Gasteiger partial charge in [0.2, 0.25) is 5.78 Å². The molecule has 1 atom stereocenters. The number of benzene rings is 2. The quantitative estimate of drug-likeness (QED) is 0.857. The zero-order chi connectivity index (χ0) is 15.6. The Bertz CT molecular complexity index is 689. The molecule has 0 amide bonds. The number of carbonyl (C=O) groups is 1. The Kier molecular flexibility index (Phi) is 3.82. The van der Waals surface area contributed by atoms with Gasteiger partial charge in [-0.25, -0.2) is 0 Å². The molecule has 22 heavy (non-hydrogen) atoms. The van der Waals surface area contributed by atoms with Crippen molar-refractivity contribution in [2.24, 2.45) is 0 Å². The fourth-order valence-electron chi connectivity index (χ4n) is 2.53. The van der Waals surface area contributed by atoms with Crippen LogP contribution in [0.4, 0.5) is 0 Å². The summed E-state index contributed by atoms with van der Waals surface area (Å²) in [6.07, 6.45) is 1.37. The zero-order valence-corrected chi connectivity index (χ0v) is 12.7. The van der Waals surface area contributed by atoms with Crippen molar-refractivity contribution in [2.75, 3.05) is 0 Å². The van der Waals surface area contributed by atoms with Gasteiger partial charge in [0.1, 0.15) is 5.76 Å². The maximum absolute atomic E-state index is 12.7. The van der Waals surface area contributed by atoms with E-state index in [1.165, 1.54) is 6.08 Å². The van der Waals surface area contributed by atoms with Crippen molar-refractivity contribution in [3.63, 3.8) is 0 Å². The van der Waals surface area contributed by atoms with Crippen molar-refractivity contribution in [1.82, 2.24) is 0 Å².